The highest BCUT2D eigenvalue weighted by molar-refractivity contribution is 5.72. The SMILES string of the molecule is Nc1nc(=O)c2ncn([C@H]3C[C@H](O)[C@@H](CO)O3)c2c(=O)[nH]1. The molecule has 0 bridgehead atoms. The first-order valence-corrected chi connectivity index (χ1v) is 6.22. The third-order valence-corrected chi connectivity index (χ3v) is 3.37. The van der Waals surface area contributed by atoms with E-state index in [-0.39, 0.29) is 30.0 Å². The number of aromatic nitrogens is 4. The zero-order valence-corrected chi connectivity index (χ0v) is 10.8. The smallest absolute Gasteiger partial charge is 0.301 e. The predicted molar refractivity (Wildman–Crippen MR) is 70.5 cm³/mol. The molecule has 0 aliphatic carbocycles. The van der Waals surface area contributed by atoms with Gasteiger partial charge in [0.15, 0.2) is 5.52 Å². The summed E-state index contributed by atoms with van der Waals surface area (Å²) in [6.07, 6.45) is -0.920. The van der Waals surface area contributed by atoms with Crippen LogP contribution in [0.2, 0.25) is 0 Å². The molecule has 2 aromatic heterocycles. The van der Waals surface area contributed by atoms with Gasteiger partial charge in [-0.05, 0) is 0 Å². The molecule has 1 aliphatic rings. The lowest BCUT2D eigenvalue weighted by Gasteiger charge is -2.13. The molecule has 10 nitrogen and oxygen atoms in total. The number of aromatic amines is 1. The van der Waals surface area contributed by atoms with Gasteiger partial charge in [-0.2, -0.15) is 4.98 Å². The van der Waals surface area contributed by atoms with Crippen LogP contribution in [0.3, 0.4) is 0 Å². The average molecular weight is 295 g/mol. The van der Waals surface area contributed by atoms with Crippen molar-refractivity contribution in [1.82, 2.24) is 19.5 Å². The summed E-state index contributed by atoms with van der Waals surface area (Å²) in [5.41, 5.74) is 3.82. The van der Waals surface area contributed by atoms with Crippen LogP contribution in [0.1, 0.15) is 12.6 Å². The number of fused-ring (bicyclic) bond motifs is 1. The van der Waals surface area contributed by atoms with E-state index in [0.29, 0.717) is 0 Å². The van der Waals surface area contributed by atoms with Crippen molar-refractivity contribution in [2.24, 2.45) is 0 Å². The number of nitrogens with one attached hydrogen (secondary N) is 1. The van der Waals surface area contributed by atoms with Gasteiger partial charge in [0.25, 0.3) is 5.56 Å². The number of hydrogen-bond donors (Lipinski definition) is 4. The molecule has 3 atom stereocenters. The molecule has 0 radical (unpaired) electrons. The minimum absolute atomic E-state index is 0.0417. The van der Waals surface area contributed by atoms with Gasteiger partial charge in [-0.25, -0.2) is 4.98 Å². The van der Waals surface area contributed by atoms with Gasteiger partial charge in [-0.3, -0.25) is 19.1 Å². The zero-order chi connectivity index (χ0) is 15.1. The lowest BCUT2D eigenvalue weighted by molar-refractivity contribution is -0.0431. The highest BCUT2D eigenvalue weighted by Crippen LogP contribution is 2.29. The van der Waals surface area contributed by atoms with Crippen LogP contribution in [0, 0.1) is 0 Å². The fraction of sp³-hybridized carbons (Fsp3) is 0.455. The minimum Gasteiger partial charge on any atom is -0.394 e. The quantitative estimate of drug-likeness (QED) is 0.482. The van der Waals surface area contributed by atoms with Gasteiger partial charge in [0.05, 0.1) is 19.0 Å². The van der Waals surface area contributed by atoms with Gasteiger partial charge in [0.2, 0.25) is 5.95 Å². The summed E-state index contributed by atoms with van der Waals surface area (Å²) in [6.45, 7) is -0.351. The number of nitrogen functional groups attached to an aromatic ring is 1. The molecule has 10 heteroatoms. The van der Waals surface area contributed by atoms with E-state index in [0.717, 1.165) is 0 Å². The summed E-state index contributed by atoms with van der Waals surface area (Å²) in [6, 6.07) is 0. The molecule has 2 aromatic rings. The van der Waals surface area contributed by atoms with Gasteiger partial charge in [-0.1, -0.05) is 0 Å². The van der Waals surface area contributed by atoms with E-state index in [1.807, 2.05) is 0 Å². The van der Waals surface area contributed by atoms with E-state index < -0.39 is 29.6 Å². The predicted octanol–water partition coefficient (Wildman–Crippen LogP) is -2.30. The molecule has 0 spiro atoms. The number of H-pyrrole nitrogens is 1. The monoisotopic (exact) mass is 295 g/mol. The Balaban J connectivity index is 2.18. The number of hydrogen-bond acceptors (Lipinski definition) is 8. The van der Waals surface area contributed by atoms with E-state index in [2.05, 4.69) is 15.0 Å². The second kappa shape index (κ2) is 4.91. The molecule has 21 heavy (non-hydrogen) atoms. The first-order chi connectivity index (χ1) is 10.0. The minimum atomic E-state index is -0.871. The number of aliphatic hydroxyl groups is 2. The van der Waals surface area contributed by atoms with Crippen LogP contribution in [0.4, 0.5) is 5.95 Å². The fourth-order valence-electron chi connectivity index (χ4n) is 2.38. The van der Waals surface area contributed by atoms with Crippen molar-refractivity contribution in [1.29, 1.82) is 0 Å². The Morgan fingerprint density at radius 2 is 2.29 bits per heavy atom. The van der Waals surface area contributed by atoms with Crippen LogP contribution in [0.15, 0.2) is 15.9 Å². The molecule has 0 amide bonds. The largest absolute Gasteiger partial charge is 0.394 e. The van der Waals surface area contributed by atoms with Gasteiger partial charge in [0, 0.05) is 6.42 Å². The molecule has 0 unspecified atom stereocenters. The third kappa shape index (κ3) is 2.18. The van der Waals surface area contributed by atoms with Gasteiger partial charge >= 0.3 is 5.56 Å². The maximum Gasteiger partial charge on any atom is 0.301 e. The van der Waals surface area contributed by atoms with Crippen molar-refractivity contribution in [3.63, 3.8) is 0 Å². The van der Waals surface area contributed by atoms with E-state index >= 15 is 0 Å². The number of ether oxygens (including phenoxy) is 1. The number of anilines is 1. The van der Waals surface area contributed by atoms with Crippen molar-refractivity contribution in [3.05, 3.63) is 27.0 Å². The van der Waals surface area contributed by atoms with Crippen LogP contribution >= 0.6 is 0 Å². The lowest BCUT2D eigenvalue weighted by Crippen LogP contribution is -2.24. The summed E-state index contributed by atoms with van der Waals surface area (Å²) >= 11 is 0. The number of imidazole rings is 1. The Kier molecular flexibility index (Phi) is 3.20. The van der Waals surface area contributed by atoms with E-state index in [1.54, 1.807) is 0 Å². The Morgan fingerprint density at radius 3 is 2.95 bits per heavy atom. The van der Waals surface area contributed by atoms with Crippen LogP contribution < -0.4 is 16.9 Å². The van der Waals surface area contributed by atoms with Crippen LogP contribution in [0.25, 0.3) is 11.0 Å². The molecule has 0 saturated carbocycles. The molecular formula is C11H13N5O5. The summed E-state index contributed by atoms with van der Waals surface area (Å²) in [5.74, 6) is -0.310. The molecule has 1 aliphatic heterocycles. The van der Waals surface area contributed by atoms with E-state index in [4.69, 9.17) is 15.6 Å². The molecule has 112 valence electrons. The Hall–Kier alpha value is -2.30. The Labute approximate surface area is 116 Å². The second-order valence-corrected chi connectivity index (χ2v) is 4.72. The normalized spacial score (nSPS) is 25.5. The van der Waals surface area contributed by atoms with E-state index in [1.165, 1.54) is 10.9 Å². The molecule has 1 saturated heterocycles. The number of nitrogens with two attached hydrogens (primary N) is 1. The van der Waals surface area contributed by atoms with Gasteiger partial charge in [-0.15, -0.1) is 0 Å². The maximum absolute atomic E-state index is 12.1. The highest BCUT2D eigenvalue weighted by atomic mass is 16.5. The molecular weight excluding hydrogens is 282 g/mol. The Morgan fingerprint density at radius 1 is 1.52 bits per heavy atom. The van der Waals surface area contributed by atoms with Crippen LogP contribution in [-0.4, -0.2) is 48.5 Å². The average Bonchev–Trinajstić information content (AvgIpc) is 2.98. The zero-order valence-electron chi connectivity index (χ0n) is 10.8. The summed E-state index contributed by atoms with van der Waals surface area (Å²) < 4.78 is 6.78. The second-order valence-electron chi connectivity index (χ2n) is 4.72. The lowest BCUT2D eigenvalue weighted by atomic mass is 10.2. The summed E-state index contributed by atoms with van der Waals surface area (Å²) in [5, 5.41) is 18.8. The van der Waals surface area contributed by atoms with E-state index in [9.17, 15) is 14.7 Å². The number of nitrogens with zero attached hydrogens (tertiary/aromatic N) is 3. The first kappa shape index (κ1) is 13.7. The van der Waals surface area contributed by atoms with Crippen molar-refractivity contribution in [2.75, 3.05) is 12.3 Å². The van der Waals surface area contributed by atoms with Gasteiger partial charge < -0.3 is 20.7 Å². The maximum atomic E-state index is 12.1. The topological polar surface area (TPSA) is 156 Å². The summed E-state index contributed by atoms with van der Waals surface area (Å²) in [4.78, 5) is 33.5. The van der Waals surface area contributed by atoms with Crippen LogP contribution in [0.5, 0.6) is 0 Å². The highest BCUT2D eigenvalue weighted by Gasteiger charge is 2.35. The molecule has 0 aromatic carbocycles. The van der Waals surface area contributed by atoms with Crippen molar-refractivity contribution >= 4 is 17.0 Å². The molecule has 5 N–H and O–H groups in total. The molecule has 3 rings (SSSR count). The third-order valence-electron chi connectivity index (χ3n) is 3.37. The standard InChI is InChI=1S/C11H13N5O5/c12-11-14-9(19)7-8(10(20)15-11)16(3-13-7)6-1-4(18)5(2-17)21-6/h3-6,17-18H,1-2H2,(H3,12,14,15,19,20)/t4-,5+,6+/m0/s1. The Bertz CT molecular complexity index is 800. The van der Waals surface area contributed by atoms with Crippen LogP contribution in [-0.2, 0) is 4.74 Å². The van der Waals surface area contributed by atoms with Crippen molar-refractivity contribution in [3.8, 4) is 0 Å². The van der Waals surface area contributed by atoms with Crippen molar-refractivity contribution < 1.29 is 14.9 Å². The molecule has 3 heterocycles. The van der Waals surface area contributed by atoms with Gasteiger partial charge in [0.1, 0.15) is 17.8 Å². The number of aliphatic hydroxyl groups excluding tert-OH is 2. The van der Waals surface area contributed by atoms with Crippen molar-refractivity contribution in [2.45, 2.75) is 24.9 Å². The number of rotatable bonds is 2. The first-order valence-electron chi connectivity index (χ1n) is 6.22. The summed E-state index contributed by atoms with van der Waals surface area (Å²) in [7, 11) is 0. The molecule has 1 fully saturated rings. The fourth-order valence-corrected chi connectivity index (χ4v) is 2.38.